The summed E-state index contributed by atoms with van der Waals surface area (Å²) in [6, 6.07) is 23.7. The quantitative estimate of drug-likeness (QED) is 0.266. The van der Waals surface area contributed by atoms with Crippen molar-refractivity contribution in [1.29, 1.82) is 0 Å². The standard InChI is InChI=1S/C32H30N4O3S/c1-20(23-12-11-21-7-3-4-8-24(21)17-23)33-30(37)28-19-40-31(35-28)22-13-15-36(16-14-22)32(38)27-18-29(39-2)25-9-5-6-10-26(25)34-27/h3-12,17-20,22H,13-16H2,1-2H3,(H,33,37). The number of nitrogens with zero attached hydrogens (tertiary/aromatic N) is 3. The van der Waals surface area contributed by atoms with Crippen LogP contribution in [0.1, 0.15) is 63.3 Å². The van der Waals surface area contributed by atoms with E-state index in [1.54, 1.807) is 13.2 Å². The zero-order valence-electron chi connectivity index (χ0n) is 22.5. The van der Waals surface area contributed by atoms with Crippen LogP contribution >= 0.6 is 11.3 Å². The molecule has 1 aliphatic heterocycles. The maximum absolute atomic E-state index is 13.3. The van der Waals surface area contributed by atoms with Crippen molar-refractivity contribution < 1.29 is 14.3 Å². The van der Waals surface area contributed by atoms with Gasteiger partial charge in [-0.15, -0.1) is 11.3 Å². The second-order valence-electron chi connectivity index (χ2n) is 10.2. The molecule has 7 nitrogen and oxygen atoms in total. The minimum absolute atomic E-state index is 0.0932. The van der Waals surface area contributed by atoms with E-state index in [9.17, 15) is 9.59 Å². The zero-order chi connectivity index (χ0) is 27.6. The van der Waals surface area contributed by atoms with Gasteiger partial charge in [0.2, 0.25) is 0 Å². The predicted octanol–water partition coefficient (Wildman–Crippen LogP) is 6.36. The summed E-state index contributed by atoms with van der Waals surface area (Å²) in [6.07, 6.45) is 1.58. The van der Waals surface area contributed by atoms with Gasteiger partial charge in [0.25, 0.3) is 11.8 Å². The molecule has 1 aliphatic rings. The molecule has 1 N–H and O–H groups in total. The van der Waals surface area contributed by atoms with E-state index in [0.29, 0.717) is 30.2 Å². The third-order valence-corrected chi connectivity index (χ3v) is 8.63. The van der Waals surface area contributed by atoms with Crippen molar-refractivity contribution in [3.8, 4) is 5.75 Å². The lowest BCUT2D eigenvalue weighted by Crippen LogP contribution is -2.38. The number of fused-ring (bicyclic) bond motifs is 2. The number of hydrogen-bond acceptors (Lipinski definition) is 6. The average molecular weight is 551 g/mol. The van der Waals surface area contributed by atoms with Crippen LogP contribution in [0.15, 0.2) is 78.2 Å². The van der Waals surface area contributed by atoms with Gasteiger partial charge in [-0.1, -0.05) is 48.5 Å². The molecule has 5 aromatic rings. The van der Waals surface area contributed by atoms with Gasteiger partial charge in [0.15, 0.2) is 0 Å². The molecule has 40 heavy (non-hydrogen) atoms. The summed E-state index contributed by atoms with van der Waals surface area (Å²) < 4.78 is 5.52. The molecule has 0 spiro atoms. The highest BCUT2D eigenvalue weighted by atomic mass is 32.1. The van der Waals surface area contributed by atoms with Gasteiger partial charge in [-0.05, 0) is 54.3 Å². The first-order chi connectivity index (χ1) is 19.5. The molecule has 8 heteroatoms. The van der Waals surface area contributed by atoms with Crippen molar-refractivity contribution >= 4 is 44.8 Å². The second kappa shape index (κ2) is 11.1. The largest absolute Gasteiger partial charge is 0.496 e. The lowest BCUT2D eigenvalue weighted by atomic mass is 9.97. The van der Waals surface area contributed by atoms with Crippen LogP contribution in [0.5, 0.6) is 5.75 Å². The number of rotatable bonds is 6. The second-order valence-corrected chi connectivity index (χ2v) is 11.1. The molecule has 2 amide bonds. The summed E-state index contributed by atoms with van der Waals surface area (Å²) >= 11 is 1.52. The first kappa shape index (κ1) is 26.0. The summed E-state index contributed by atoms with van der Waals surface area (Å²) in [5.74, 6) is 0.594. The maximum atomic E-state index is 13.3. The molecule has 0 radical (unpaired) electrons. The fraction of sp³-hybridized carbons (Fsp3) is 0.250. The van der Waals surface area contributed by atoms with E-state index >= 15 is 0 Å². The van der Waals surface area contributed by atoms with Crippen LogP contribution in [0, 0.1) is 0 Å². The monoisotopic (exact) mass is 550 g/mol. The average Bonchev–Trinajstić information content (AvgIpc) is 3.50. The normalized spacial score (nSPS) is 14.8. The molecule has 1 atom stereocenters. The molecule has 1 saturated heterocycles. The Kier molecular flexibility index (Phi) is 7.17. The lowest BCUT2D eigenvalue weighted by Gasteiger charge is -2.31. The van der Waals surface area contributed by atoms with Crippen molar-refractivity contribution in [3.63, 3.8) is 0 Å². The molecule has 1 unspecified atom stereocenters. The van der Waals surface area contributed by atoms with Crippen LogP contribution in [-0.2, 0) is 0 Å². The van der Waals surface area contributed by atoms with E-state index < -0.39 is 0 Å². The number of piperidine rings is 1. The maximum Gasteiger partial charge on any atom is 0.272 e. The molecule has 2 aromatic heterocycles. The Morgan fingerprint density at radius 3 is 2.50 bits per heavy atom. The number of methoxy groups -OCH3 is 1. The number of thiazole rings is 1. The zero-order valence-corrected chi connectivity index (χ0v) is 23.3. The van der Waals surface area contributed by atoms with Gasteiger partial charge in [0.1, 0.15) is 17.1 Å². The molecule has 0 aliphatic carbocycles. The molecule has 202 valence electrons. The lowest BCUT2D eigenvalue weighted by molar-refractivity contribution is 0.0707. The highest BCUT2D eigenvalue weighted by molar-refractivity contribution is 7.09. The Bertz CT molecular complexity index is 1710. The molecule has 0 bridgehead atoms. The predicted molar refractivity (Wildman–Crippen MR) is 158 cm³/mol. The number of amides is 2. The van der Waals surface area contributed by atoms with Crippen molar-refractivity contribution in [3.05, 3.63) is 100 Å². The van der Waals surface area contributed by atoms with Crippen LogP contribution < -0.4 is 10.1 Å². The van der Waals surface area contributed by atoms with Crippen molar-refractivity contribution in [2.45, 2.75) is 31.7 Å². The summed E-state index contributed by atoms with van der Waals surface area (Å²) in [4.78, 5) is 37.4. The SMILES string of the molecule is COc1cc(C(=O)N2CCC(c3nc(C(=O)NC(C)c4ccc5ccccc5c4)cs3)CC2)nc2ccccc12. The number of ether oxygens (including phenoxy) is 1. The minimum Gasteiger partial charge on any atom is -0.496 e. The topological polar surface area (TPSA) is 84.4 Å². The van der Waals surface area contributed by atoms with Crippen molar-refractivity contribution in [2.75, 3.05) is 20.2 Å². The highest BCUT2D eigenvalue weighted by Crippen LogP contribution is 2.32. The molecular formula is C32H30N4O3S. The fourth-order valence-electron chi connectivity index (χ4n) is 5.32. The van der Waals surface area contributed by atoms with Crippen molar-refractivity contribution in [1.82, 2.24) is 20.2 Å². The van der Waals surface area contributed by atoms with Gasteiger partial charge in [-0.25, -0.2) is 9.97 Å². The summed E-state index contributed by atoms with van der Waals surface area (Å²) in [7, 11) is 1.61. The van der Waals surface area contributed by atoms with Crippen molar-refractivity contribution in [2.24, 2.45) is 0 Å². The molecule has 6 rings (SSSR count). The number of benzene rings is 3. The van der Waals surface area contributed by atoms with Gasteiger partial charge in [-0.2, -0.15) is 0 Å². The number of aromatic nitrogens is 2. The van der Waals surface area contributed by atoms with Gasteiger partial charge in [0.05, 0.1) is 23.7 Å². The van der Waals surface area contributed by atoms with Crippen LogP contribution in [0.2, 0.25) is 0 Å². The summed E-state index contributed by atoms with van der Waals surface area (Å²) in [5.41, 5.74) is 2.63. The molecule has 3 aromatic carbocycles. The highest BCUT2D eigenvalue weighted by Gasteiger charge is 2.28. The Balaban J connectivity index is 1.08. The smallest absolute Gasteiger partial charge is 0.272 e. The Morgan fingerprint density at radius 1 is 0.950 bits per heavy atom. The van der Waals surface area contributed by atoms with E-state index in [0.717, 1.165) is 39.7 Å². The number of carbonyl (C=O) groups is 2. The number of para-hydroxylation sites is 1. The number of pyridine rings is 1. The molecule has 3 heterocycles. The minimum atomic E-state index is -0.174. The van der Waals surface area contributed by atoms with Gasteiger partial charge in [-0.3, -0.25) is 9.59 Å². The Hall–Kier alpha value is -4.30. The third-order valence-electron chi connectivity index (χ3n) is 7.62. The fourth-order valence-corrected chi connectivity index (χ4v) is 6.30. The molecular weight excluding hydrogens is 520 g/mol. The van der Waals surface area contributed by atoms with Crippen LogP contribution in [0.3, 0.4) is 0 Å². The first-order valence-corrected chi connectivity index (χ1v) is 14.4. The van der Waals surface area contributed by atoms with E-state index in [2.05, 4.69) is 45.6 Å². The van der Waals surface area contributed by atoms with Gasteiger partial charge < -0.3 is 15.0 Å². The van der Waals surface area contributed by atoms with Crippen LogP contribution in [-0.4, -0.2) is 46.9 Å². The Labute approximate surface area is 236 Å². The van der Waals surface area contributed by atoms with E-state index in [4.69, 9.17) is 4.74 Å². The van der Waals surface area contributed by atoms with Gasteiger partial charge >= 0.3 is 0 Å². The summed E-state index contributed by atoms with van der Waals surface area (Å²) in [6.45, 7) is 3.21. The number of hydrogen-bond donors (Lipinski definition) is 1. The van der Waals surface area contributed by atoms with Gasteiger partial charge in [0, 0.05) is 35.8 Å². The number of nitrogens with one attached hydrogen (secondary N) is 1. The summed E-state index contributed by atoms with van der Waals surface area (Å²) in [5, 5.41) is 9.08. The molecule has 1 fully saturated rings. The number of carbonyl (C=O) groups excluding carboxylic acids is 2. The van der Waals surface area contributed by atoms with Crippen LogP contribution in [0.25, 0.3) is 21.7 Å². The third kappa shape index (κ3) is 5.14. The van der Waals surface area contributed by atoms with Crippen LogP contribution in [0.4, 0.5) is 0 Å². The van der Waals surface area contributed by atoms with E-state index in [1.807, 2.05) is 53.6 Å². The first-order valence-electron chi connectivity index (χ1n) is 13.5. The van der Waals surface area contributed by atoms with E-state index in [-0.39, 0.29) is 23.8 Å². The molecule has 0 saturated carbocycles. The number of likely N-dealkylation sites (tertiary alicyclic amines) is 1. The van der Waals surface area contributed by atoms with E-state index in [1.165, 1.54) is 16.7 Å². The Morgan fingerprint density at radius 2 is 1.70 bits per heavy atom.